The van der Waals surface area contributed by atoms with Gasteiger partial charge in [-0.3, -0.25) is 9.89 Å². The maximum absolute atomic E-state index is 11.4. The Morgan fingerprint density at radius 2 is 1.67 bits per heavy atom. The Morgan fingerprint density at radius 3 is 2.30 bits per heavy atom. The lowest BCUT2D eigenvalue weighted by Crippen LogP contribution is -2.37. The number of hydrogen-bond acceptors (Lipinski definition) is 5. The van der Waals surface area contributed by atoms with Gasteiger partial charge in [0.1, 0.15) is 0 Å². The molecule has 0 atom stereocenters. The smallest absolute Gasteiger partial charge is 0.238 e. The molecule has 0 saturated carbocycles. The fraction of sp³-hybridized carbons (Fsp3) is 0.381. The molecule has 4 N–H and O–H groups in total. The molecule has 2 aromatic rings. The van der Waals surface area contributed by atoms with Gasteiger partial charge < -0.3 is 15.4 Å². The molecule has 8 nitrogen and oxygen atoms in total. The van der Waals surface area contributed by atoms with Crippen molar-refractivity contribution >= 4 is 16.0 Å². The molecule has 0 unspecified atom stereocenters. The molecule has 0 spiro atoms. The summed E-state index contributed by atoms with van der Waals surface area (Å²) in [5.74, 6) is 0.673. The minimum atomic E-state index is -3.68. The molecule has 162 valence electrons. The first-order valence-electron chi connectivity index (χ1n) is 9.89. The van der Waals surface area contributed by atoms with Crippen molar-refractivity contribution in [2.75, 3.05) is 33.4 Å². The summed E-state index contributed by atoms with van der Waals surface area (Å²) in [4.78, 5) is 6.78. The summed E-state index contributed by atoms with van der Waals surface area (Å²) >= 11 is 0. The Hall–Kier alpha value is -2.46. The summed E-state index contributed by atoms with van der Waals surface area (Å²) in [6.45, 7) is 5.56. The van der Waals surface area contributed by atoms with Crippen molar-refractivity contribution in [3.8, 4) is 0 Å². The van der Waals surface area contributed by atoms with Crippen LogP contribution in [0.5, 0.6) is 0 Å². The number of ether oxygens (including phenoxy) is 1. The molecule has 1 aliphatic rings. The van der Waals surface area contributed by atoms with Crippen LogP contribution in [-0.2, 0) is 34.4 Å². The summed E-state index contributed by atoms with van der Waals surface area (Å²) in [5.41, 5.74) is 3.45. The second kappa shape index (κ2) is 10.5. The van der Waals surface area contributed by atoms with Crippen LogP contribution in [0.15, 0.2) is 58.4 Å². The van der Waals surface area contributed by atoms with Crippen LogP contribution < -0.4 is 15.8 Å². The van der Waals surface area contributed by atoms with Gasteiger partial charge in [-0.2, -0.15) is 0 Å². The standard InChI is InChI=1S/C21H29N5O3S/c1-23-21(24-14-17-6-8-20(9-7-17)30(22,27)28)25-15-18-4-2-3-5-19(18)16-26-10-12-29-13-11-26/h2-9H,10-16H2,1H3,(H2,22,27,28)(H2,23,24,25). The number of nitrogens with zero attached hydrogens (tertiary/aromatic N) is 2. The number of morpholine rings is 1. The predicted octanol–water partition coefficient (Wildman–Crippen LogP) is 1.03. The van der Waals surface area contributed by atoms with E-state index in [1.165, 1.54) is 23.3 Å². The third-order valence-electron chi connectivity index (χ3n) is 5.00. The van der Waals surface area contributed by atoms with Gasteiger partial charge in [-0.1, -0.05) is 36.4 Å². The molecular formula is C21H29N5O3S. The SMILES string of the molecule is CN=C(NCc1ccc(S(N)(=O)=O)cc1)NCc1ccccc1CN1CCOCC1. The minimum absolute atomic E-state index is 0.102. The average Bonchev–Trinajstić information content (AvgIpc) is 2.75. The van der Waals surface area contributed by atoms with Crippen molar-refractivity contribution < 1.29 is 13.2 Å². The monoisotopic (exact) mass is 431 g/mol. The van der Waals surface area contributed by atoms with E-state index in [0.717, 1.165) is 38.4 Å². The van der Waals surface area contributed by atoms with E-state index in [-0.39, 0.29) is 4.90 Å². The van der Waals surface area contributed by atoms with Gasteiger partial charge in [0.2, 0.25) is 10.0 Å². The van der Waals surface area contributed by atoms with E-state index in [1.807, 2.05) is 6.07 Å². The van der Waals surface area contributed by atoms with Gasteiger partial charge in [0.25, 0.3) is 0 Å². The van der Waals surface area contributed by atoms with E-state index < -0.39 is 10.0 Å². The first kappa shape index (κ1) is 22.2. The molecule has 1 heterocycles. The number of nitrogens with two attached hydrogens (primary N) is 1. The molecular weight excluding hydrogens is 402 g/mol. The highest BCUT2D eigenvalue weighted by Gasteiger charge is 2.13. The maximum Gasteiger partial charge on any atom is 0.238 e. The molecule has 30 heavy (non-hydrogen) atoms. The van der Waals surface area contributed by atoms with E-state index in [2.05, 4.69) is 38.7 Å². The molecule has 0 radical (unpaired) electrons. The van der Waals surface area contributed by atoms with E-state index in [9.17, 15) is 8.42 Å². The van der Waals surface area contributed by atoms with E-state index in [4.69, 9.17) is 9.88 Å². The van der Waals surface area contributed by atoms with Crippen LogP contribution in [0.4, 0.5) is 0 Å². The van der Waals surface area contributed by atoms with Crippen LogP contribution in [0.25, 0.3) is 0 Å². The molecule has 3 rings (SSSR count). The summed E-state index contributed by atoms with van der Waals surface area (Å²) in [5, 5.41) is 11.7. The van der Waals surface area contributed by atoms with Crippen molar-refractivity contribution in [1.82, 2.24) is 15.5 Å². The number of benzene rings is 2. The summed E-state index contributed by atoms with van der Waals surface area (Å²) in [7, 11) is -1.96. The Balaban J connectivity index is 1.54. The molecule has 2 aromatic carbocycles. The first-order valence-corrected chi connectivity index (χ1v) is 11.4. The second-order valence-corrected chi connectivity index (χ2v) is 8.69. The highest BCUT2D eigenvalue weighted by molar-refractivity contribution is 7.89. The van der Waals surface area contributed by atoms with Gasteiger partial charge in [0.05, 0.1) is 18.1 Å². The fourth-order valence-electron chi connectivity index (χ4n) is 3.27. The molecule has 0 aliphatic carbocycles. The minimum Gasteiger partial charge on any atom is -0.379 e. The van der Waals surface area contributed by atoms with Crippen LogP contribution in [0.1, 0.15) is 16.7 Å². The van der Waals surface area contributed by atoms with Crippen LogP contribution >= 0.6 is 0 Å². The zero-order valence-electron chi connectivity index (χ0n) is 17.2. The second-order valence-electron chi connectivity index (χ2n) is 7.13. The van der Waals surface area contributed by atoms with Crippen LogP contribution in [0, 0.1) is 0 Å². The Labute approximate surface area is 178 Å². The van der Waals surface area contributed by atoms with Gasteiger partial charge >= 0.3 is 0 Å². The lowest BCUT2D eigenvalue weighted by atomic mass is 10.1. The van der Waals surface area contributed by atoms with Crippen molar-refractivity contribution in [1.29, 1.82) is 0 Å². The van der Waals surface area contributed by atoms with E-state index >= 15 is 0 Å². The fourth-order valence-corrected chi connectivity index (χ4v) is 3.78. The molecule has 0 bridgehead atoms. The normalized spacial score (nSPS) is 15.7. The Morgan fingerprint density at radius 1 is 1.03 bits per heavy atom. The van der Waals surface area contributed by atoms with Gasteiger partial charge in [-0.15, -0.1) is 0 Å². The molecule has 1 saturated heterocycles. The summed E-state index contributed by atoms with van der Waals surface area (Å²) in [6, 6.07) is 14.9. The maximum atomic E-state index is 11.4. The van der Waals surface area contributed by atoms with E-state index in [1.54, 1.807) is 19.2 Å². The molecule has 1 aliphatic heterocycles. The van der Waals surface area contributed by atoms with Crippen LogP contribution in [-0.4, -0.2) is 52.6 Å². The van der Waals surface area contributed by atoms with Crippen molar-refractivity contribution in [3.63, 3.8) is 0 Å². The molecule has 0 aromatic heterocycles. The molecule has 0 amide bonds. The number of rotatable bonds is 7. The average molecular weight is 432 g/mol. The van der Waals surface area contributed by atoms with Crippen LogP contribution in [0.3, 0.4) is 0 Å². The van der Waals surface area contributed by atoms with Gasteiger partial charge in [0.15, 0.2) is 5.96 Å². The highest BCUT2D eigenvalue weighted by atomic mass is 32.2. The largest absolute Gasteiger partial charge is 0.379 e. The first-order chi connectivity index (χ1) is 14.5. The highest BCUT2D eigenvalue weighted by Crippen LogP contribution is 2.13. The van der Waals surface area contributed by atoms with Gasteiger partial charge in [-0.05, 0) is 28.8 Å². The number of aliphatic imine (C=N–C) groups is 1. The number of sulfonamides is 1. The van der Waals surface area contributed by atoms with E-state index in [0.29, 0.717) is 19.0 Å². The molecule has 1 fully saturated rings. The predicted molar refractivity (Wildman–Crippen MR) is 117 cm³/mol. The zero-order valence-corrected chi connectivity index (χ0v) is 18.0. The number of nitrogens with one attached hydrogen (secondary N) is 2. The number of hydrogen-bond donors (Lipinski definition) is 3. The Kier molecular flexibility index (Phi) is 7.81. The topological polar surface area (TPSA) is 109 Å². The van der Waals surface area contributed by atoms with Crippen LogP contribution in [0.2, 0.25) is 0 Å². The third-order valence-corrected chi connectivity index (χ3v) is 5.93. The lowest BCUT2D eigenvalue weighted by molar-refractivity contribution is 0.0341. The zero-order chi connectivity index (χ0) is 21.4. The lowest BCUT2D eigenvalue weighted by Gasteiger charge is -2.27. The quantitative estimate of drug-likeness (QED) is 0.446. The third kappa shape index (κ3) is 6.53. The van der Waals surface area contributed by atoms with Crippen molar-refractivity contribution in [3.05, 3.63) is 65.2 Å². The van der Waals surface area contributed by atoms with Gasteiger partial charge in [-0.25, -0.2) is 13.6 Å². The van der Waals surface area contributed by atoms with Crippen molar-refractivity contribution in [2.45, 2.75) is 24.5 Å². The summed E-state index contributed by atoms with van der Waals surface area (Å²) < 4.78 is 28.1. The van der Waals surface area contributed by atoms with Gasteiger partial charge in [0, 0.05) is 39.8 Å². The van der Waals surface area contributed by atoms with Crippen molar-refractivity contribution in [2.24, 2.45) is 10.1 Å². The summed E-state index contributed by atoms with van der Waals surface area (Å²) in [6.07, 6.45) is 0. The Bertz CT molecular complexity index is 955. The number of primary sulfonamides is 1. The number of guanidine groups is 1. The molecule has 9 heteroatoms.